The molecule has 79 heavy (non-hydrogen) atoms. The molecule has 0 aromatic carbocycles. The van der Waals surface area contributed by atoms with Crippen LogP contribution in [0.3, 0.4) is 0 Å². The number of hydrogen-bond acceptors (Lipinski definition) is 11. The van der Waals surface area contributed by atoms with Gasteiger partial charge in [-0.25, -0.2) is 4.79 Å². The molecular weight excluding hydrogens is 997 g/mol. The Balaban J connectivity index is 2.66. The van der Waals surface area contributed by atoms with Crippen molar-refractivity contribution in [3.8, 4) is 0 Å². The molecule has 6 atom stereocenters. The predicted octanol–water partition coefficient (Wildman–Crippen LogP) is 16.9. The maximum Gasteiger partial charge on any atom is 0.335 e. The predicted molar refractivity (Wildman–Crippen MR) is 322 cm³/mol. The van der Waals surface area contributed by atoms with Gasteiger partial charge in [-0.15, -0.1) is 0 Å². The lowest BCUT2D eigenvalue weighted by atomic mass is 9.98. The summed E-state index contributed by atoms with van der Waals surface area (Å²) in [6.07, 6.45) is 57.2. The van der Waals surface area contributed by atoms with Crippen molar-refractivity contribution in [2.24, 2.45) is 0 Å². The molecule has 1 aliphatic rings. The Kier molecular flexibility index (Phi) is 50.7. The van der Waals surface area contributed by atoms with Gasteiger partial charge in [-0.1, -0.05) is 222 Å². The molecule has 0 aliphatic carbocycles. The first-order chi connectivity index (χ1) is 38.6. The molecule has 0 amide bonds. The summed E-state index contributed by atoms with van der Waals surface area (Å²) in [5, 5.41) is 31.6. The maximum absolute atomic E-state index is 13.1. The van der Waals surface area contributed by atoms with Crippen LogP contribution in [0, 0.1) is 0 Å². The summed E-state index contributed by atoms with van der Waals surface area (Å²) in [6, 6.07) is 0. The van der Waals surface area contributed by atoms with Crippen LogP contribution in [0.1, 0.15) is 278 Å². The number of ether oxygens (including phenoxy) is 5. The van der Waals surface area contributed by atoms with Crippen molar-refractivity contribution < 1.29 is 58.2 Å². The van der Waals surface area contributed by atoms with Gasteiger partial charge >= 0.3 is 23.9 Å². The highest BCUT2D eigenvalue weighted by Gasteiger charge is 2.50. The van der Waals surface area contributed by atoms with E-state index in [0.717, 1.165) is 109 Å². The SMILES string of the molecule is CC/C=C\C/C=C\C/C=C\CCCCCC(=O)OC(COC(=O)CCCCCCCCC/C=C\C/C=C\CCCCC)COC1OC(C(=O)O)C(O)C(O)C1OC(=O)CCCCCCCCCCC/C=C\CCCCCCCC. The number of unbranched alkanes of at least 4 members (excludes halogenated alkanes) is 28. The number of rotatable bonds is 54. The highest BCUT2D eigenvalue weighted by molar-refractivity contribution is 5.74. The third-order valence-corrected chi connectivity index (χ3v) is 14.2. The van der Waals surface area contributed by atoms with Crippen LogP contribution in [0.25, 0.3) is 0 Å². The van der Waals surface area contributed by atoms with E-state index in [9.17, 15) is 34.5 Å². The van der Waals surface area contributed by atoms with Crippen molar-refractivity contribution in [3.05, 3.63) is 72.9 Å². The molecule has 12 heteroatoms. The second kappa shape index (κ2) is 54.7. The number of carboxylic acid groups (broad SMARTS) is 1. The van der Waals surface area contributed by atoms with Crippen molar-refractivity contribution in [3.63, 3.8) is 0 Å². The summed E-state index contributed by atoms with van der Waals surface area (Å²) in [5.74, 6) is -3.16. The van der Waals surface area contributed by atoms with Gasteiger partial charge in [-0.05, 0) is 109 Å². The van der Waals surface area contributed by atoms with Crippen LogP contribution in [0.2, 0.25) is 0 Å². The lowest BCUT2D eigenvalue weighted by molar-refractivity contribution is -0.301. The van der Waals surface area contributed by atoms with Gasteiger partial charge in [0.15, 0.2) is 24.6 Å². The van der Waals surface area contributed by atoms with Crippen molar-refractivity contribution in [2.45, 2.75) is 314 Å². The fourth-order valence-electron chi connectivity index (χ4n) is 9.35. The molecule has 1 saturated heterocycles. The maximum atomic E-state index is 13.1. The topological polar surface area (TPSA) is 175 Å². The number of carbonyl (C=O) groups is 4. The number of carboxylic acids is 1. The number of carbonyl (C=O) groups excluding carboxylic acids is 3. The highest BCUT2D eigenvalue weighted by atomic mass is 16.7. The van der Waals surface area contributed by atoms with Gasteiger partial charge in [-0.2, -0.15) is 0 Å². The molecule has 454 valence electrons. The third kappa shape index (κ3) is 44.5. The fourth-order valence-corrected chi connectivity index (χ4v) is 9.35. The van der Waals surface area contributed by atoms with Crippen LogP contribution in [0.5, 0.6) is 0 Å². The monoisotopic (exact) mass is 1110 g/mol. The molecular formula is C67H114O12. The molecule has 0 aromatic rings. The van der Waals surface area contributed by atoms with E-state index in [-0.39, 0.29) is 25.9 Å². The number of allylic oxidation sites excluding steroid dienone is 12. The number of aliphatic carboxylic acids is 1. The van der Waals surface area contributed by atoms with E-state index in [4.69, 9.17) is 23.7 Å². The van der Waals surface area contributed by atoms with Crippen LogP contribution in [-0.4, -0.2) is 89.2 Å². The Morgan fingerprint density at radius 3 is 1.27 bits per heavy atom. The standard InChI is InChI=1S/C67H114O12/c1-4-7-10-13-16-19-22-25-27-29-30-32-34-37-40-43-46-49-52-55-61(70)78-65-63(72)62(71)64(66(73)74)79-67(65)76-57-58(77-60(69)54-51-48-45-42-39-35-24-21-18-15-12-9-6-3)56-75-59(68)53-50-47-44-41-38-36-33-31-28-26-23-20-17-14-11-8-5-2/h9,12,17-18,20-21,25-28,35,39,58,62-65,67,71-72H,4-8,10-11,13-16,19,22-24,29-34,36-38,40-57H2,1-3H3,(H,73,74)/b12-9-,20-17-,21-18-,27-25-,28-26-,39-35-. The van der Waals surface area contributed by atoms with Gasteiger partial charge in [0.05, 0.1) is 6.61 Å². The van der Waals surface area contributed by atoms with E-state index < -0.39 is 67.3 Å². The zero-order chi connectivity index (χ0) is 57.5. The van der Waals surface area contributed by atoms with E-state index in [0.29, 0.717) is 19.3 Å². The highest BCUT2D eigenvalue weighted by Crippen LogP contribution is 2.26. The van der Waals surface area contributed by atoms with Crippen molar-refractivity contribution >= 4 is 23.9 Å². The number of aliphatic hydroxyl groups is 2. The van der Waals surface area contributed by atoms with E-state index in [1.54, 1.807) is 0 Å². The Morgan fingerprint density at radius 1 is 0.430 bits per heavy atom. The first-order valence-electron chi connectivity index (χ1n) is 31.9. The molecule has 0 aromatic heterocycles. The largest absolute Gasteiger partial charge is 0.479 e. The van der Waals surface area contributed by atoms with Crippen LogP contribution in [0.15, 0.2) is 72.9 Å². The summed E-state index contributed by atoms with van der Waals surface area (Å²) in [4.78, 5) is 51.2. The molecule has 0 bridgehead atoms. The minimum atomic E-state index is -1.91. The first-order valence-corrected chi connectivity index (χ1v) is 31.9. The third-order valence-electron chi connectivity index (χ3n) is 14.2. The Hall–Kier alpha value is -3.84. The molecule has 1 heterocycles. The van der Waals surface area contributed by atoms with Crippen LogP contribution in [-0.2, 0) is 42.9 Å². The summed E-state index contributed by atoms with van der Waals surface area (Å²) in [5.41, 5.74) is 0. The molecule has 0 radical (unpaired) electrons. The molecule has 3 N–H and O–H groups in total. The van der Waals surface area contributed by atoms with Crippen molar-refractivity contribution in [2.75, 3.05) is 13.2 Å². The zero-order valence-electron chi connectivity index (χ0n) is 50.1. The van der Waals surface area contributed by atoms with Gasteiger partial charge in [0.2, 0.25) is 0 Å². The lowest BCUT2D eigenvalue weighted by Gasteiger charge is -2.40. The van der Waals surface area contributed by atoms with E-state index in [2.05, 4.69) is 93.7 Å². The molecule has 1 rings (SSSR count). The quantitative estimate of drug-likeness (QED) is 0.0228. The average molecular weight is 1110 g/mol. The first kappa shape index (κ1) is 73.2. The number of hydrogen-bond donors (Lipinski definition) is 3. The van der Waals surface area contributed by atoms with Crippen molar-refractivity contribution in [1.82, 2.24) is 0 Å². The van der Waals surface area contributed by atoms with Crippen LogP contribution in [0.4, 0.5) is 0 Å². The molecule has 0 spiro atoms. The lowest BCUT2D eigenvalue weighted by Crippen LogP contribution is -2.61. The smallest absolute Gasteiger partial charge is 0.335 e. The average Bonchev–Trinajstić information content (AvgIpc) is 3.43. The normalized spacial score (nSPS) is 18.3. The number of esters is 3. The summed E-state index contributed by atoms with van der Waals surface area (Å²) in [7, 11) is 0. The minimum absolute atomic E-state index is 0.0529. The molecule has 0 saturated carbocycles. The summed E-state index contributed by atoms with van der Waals surface area (Å²) in [6.45, 7) is 5.84. The Morgan fingerprint density at radius 2 is 0.797 bits per heavy atom. The van der Waals surface area contributed by atoms with Crippen LogP contribution < -0.4 is 0 Å². The zero-order valence-corrected chi connectivity index (χ0v) is 50.1. The van der Waals surface area contributed by atoms with E-state index in [1.165, 1.54) is 109 Å². The van der Waals surface area contributed by atoms with Crippen LogP contribution >= 0.6 is 0 Å². The van der Waals surface area contributed by atoms with Gasteiger partial charge in [0, 0.05) is 19.3 Å². The summed E-state index contributed by atoms with van der Waals surface area (Å²) < 4.78 is 28.5. The molecule has 12 nitrogen and oxygen atoms in total. The fraction of sp³-hybridized carbons (Fsp3) is 0.761. The van der Waals surface area contributed by atoms with E-state index in [1.807, 2.05) is 0 Å². The molecule has 6 unspecified atom stereocenters. The van der Waals surface area contributed by atoms with Gasteiger partial charge in [0.25, 0.3) is 0 Å². The van der Waals surface area contributed by atoms with Gasteiger partial charge in [-0.3, -0.25) is 14.4 Å². The Labute approximate surface area is 480 Å². The molecule has 1 aliphatic heterocycles. The van der Waals surface area contributed by atoms with Crippen molar-refractivity contribution in [1.29, 1.82) is 0 Å². The second-order valence-corrected chi connectivity index (χ2v) is 21.7. The molecule has 1 fully saturated rings. The second-order valence-electron chi connectivity index (χ2n) is 21.7. The summed E-state index contributed by atoms with van der Waals surface area (Å²) >= 11 is 0. The minimum Gasteiger partial charge on any atom is -0.479 e. The van der Waals surface area contributed by atoms with Gasteiger partial charge < -0.3 is 39.0 Å². The van der Waals surface area contributed by atoms with E-state index >= 15 is 0 Å². The van der Waals surface area contributed by atoms with Gasteiger partial charge in [0.1, 0.15) is 18.8 Å². The Bertz CT molecular complexity index is 1650. The number of aliphatic hydroxyl groups excluding tert-OH is 2.